The van der Waals surface area contributed by atoms with E-state index in [1.165, 1.54) is 6.07 Å². The van der Waals surface area contributed by atoms with Gasteiger partial charge in [0.15, 0.2) is 0 Å². The smallest absolute Gasteiger partial charge is 0.319 e. The van der Waals surface area contributed by atoms with E-state index in [0.29, 0.717) is 24.3 Å². The highest BCUT2D eigenvalue weighted by molar-refractivity contribution is 5.92. The van der Waals surface area contributed by atoms with E-state index < -0.39 is 6.03 Å². The summed E-state index contributed by atoms with van der Waals surface area (Å²) in [5.74, 6) is -0.625. The highest BCUT2D eigenvalue weighted by Gasteiger charge is 2.17. The van der Waals surface area contributed by atoms with Gasteiger partial charge in [0.05, 0.1) is 6.54 Å². The minimum Gasteiger partial charge on any atom is -0.335 e. The predicted octanol–water partition coefficient (Wildman–Crippen LogP) is 2.85. The number of nitrogens with one attached hydrogen (secondary N) is 2. The first-order chi connectivity index (χ1) is 13.3. The van der Waals surface area contributed by atoms with Crippen LogP contribution in [-0.2, 0) is 11.3 Å². The Bertz CT molecular complexity index is 810. The molecule has 0 bridgehead atoms. The third kappa shape index (κ3) is 7.00. The van der Waals surface area contributed by atoms with E-state index in [4.69, 9.17) is 0 Å². The molecule has 0 atom stereocenters. The molecule has 0 unspecified atom stereocenters. The summed E-state index contributed by atoms with van der Waals surface area (Å²) in [7, 11) is 3.80. The van der Waals surface area contributed by atoms with Crippen LogP contribution in [0.4, 0.5) is 14.9 Å². The molecular weight excluding hydrogens is 359 g/mol. The van der Waals surface area contributed by atoms with Crippen LogP contribution < -0.4 is 10.6 Å². The molecule has 7 heteroatoms. The van der Waals surface area contributed by atoms with Crippen LogP contribution in [0, 0.1) is 12.7 Å². The number of carbonyl (C=O) groups excluding carboxylic acids is 2. The molecular formula is C21H27FN4O2. The largest absolute Gasteiger partial charge is 0.335 e. The third-order valence-electron chi connectivity index (χ3n) is 4.16. The van der Waals surface area contributed by atoms with Crippen molar-refractivity contribution in [2.24, 2.45) is 0 Å². The summed E-state index contributed by atoms with van der Waals surface area (Å²) in [5, 5.41) is 5.27. The number of anilines is 1. The first kappa shape index (κ1) is 21.4. The summed E-state index contributed by atoms with van der Waals surface area (Å²) in [4.78, 5) is 28.2. The monoisotopic (exact) mass is 386 g/mol. The van der Waals surface area contributed by atoms with Crippen LogP contribution in [0.25, 0.3) is 0 Å². The van der Waals surface area contributed by atoms with Crippen LogP contribution in [0.15, 0.2) is 48.5 Å². The molecule has 0 aromatic heterocycles. The molecule has 2 aromatic rings. The Labute approximate surface area is 165 Å². The molecule has 3 amide bonds. The topological polar surface area (TPSA) is 64.7 Å². The van der Waals surface area contributed by atoms with Gasteiger partial charge in [0.1, 0.15) is 5.82 Å². The zero-order valence-electron chi connectivity index (χ0n) is 16.5. The lowest BCUT2D eigenvalue weighted by Gasteiger charge is -2.25. The fourth-order valence-electron chi connectivity index (χ4n) is 2.61. The standard InChI is InChI=1S/C21H27FN4O2/c1-16-7-6-9-18(13-16)24-21(28)23-14-20(27)26(12-11-25(2)3)15-17-8-4-5-10-19(17)22/h4-10,13H,11-12,14-15H2,1-3H3,(H2,23,24,28). The molecule has 150 valence electrons. The van der Waals surface area contributed by atoms with E-state index in [1.807, 2.05) is 44.1 Å². The quantitative estimate of drug-likeness (QED) is 0.733. The summed E-state index contributed by atoms with van der Waals surface area (Å²) in [6, 6.07) is 13.3. The van der Waals surface area contributed by atoms with Gasteiger partial charge in [0.2, 0.25) is 5.91 Å². The van der Waals surface area contributed by atoms with Crippen molar-refractivity contribution in [3.8, 4) is 0 Å². The number of nitrogens with zero attached hydrogens (tertiary/aromatic N) is 2. The van der Waals surface area contributed by atoms with Crippen molar-refractivity contribution in [3.63, 3.8) is 0 Å². The van der Waals surface area contributed by atoms with Gasteiger partial charge in [-0.1, -0.05) is 30.3 Å². The Balaban J connectivity index is 1.95. The average Bonchev–Trinajstić information content (AvgIpc) is 2.64. The maximum Gasteiger partial charge on any atom is 0.319 e. The minimum atomic E-state index is -0.461. The van der Waals surface area contributed by atoms with Crippen molar-refractivity contribution in [1.82, 2.24) is 15.1 Å². The first-order valence-electron chi connectivity index (χ1n) is 9.12. The molecule has 2 N–H and O–H groups in total. The molecule has 0 aliphatic heterocycles. The zero-order valence-corrected chi connectivity index (χ0v) is 16.5. The number of halogens is 1. The molecule has 0 radical (unpaired) electrons. The maximum atomic E-state index is 14.0. The molecule has 0 aliphatic rings. The molecule has 0 saturated heterocycles. The van der Waals surface area contributed by atoms with Gasteiger partial charge in [-0.3, -0.25) is 4.79 Å². The lowest BCUT2D eigenvalue weighted by molar-refractivity contribution is -0.130. The molecule has 6 nitrogen and oxygen atoms in total. The van der Waals surface area contributed by atoms with E-state index in [0.717, 1.165) is 5.56 Å². The molecule has 2 aromatic carbocycles. The lowest BCUT2D eigenvalue weighted by Crippen LogP contribution is -2.43. The highest BCUT2D eigenvalue weighted by Crippen LogP contribution is 2.11. The second-order valence-corrected chi connectivity index (χ2v) is 6.89. The molecule has 0 aliphatic carbocycles. The van der Waals surface area contributed by atoms with Crippen molar-refractivity contribution in [2.45, 2.75) is 13.5 Å². The van der Waals surface area contributed by atoms with E-state index in [-0.39, 0.29) is 24.8 Å². The van der Waals surface area contributed by atoms with E-state index in [2.05, 4.69) is 10.6 Å². The van der Waals surface area contributed by atoms with Crippen molar-refractivity contribution < 1.29 is 14.0 Å². The SMILES string of the molecule is Cc1cccc(NC(=O)NCC(=O)N(CCN(C)C)Cc2ccccc2F)c1. The fourth-order valence-corrected chi connectivity index (χ4v) is 2.61. The van der Waals surface area contributed by atoms with Gasteiger partial charge in [0.25, 0.3) is 0 Å². The minimum absolute atomic E-state index is 0.153. The Hall–Kier alpha value is -2.93. The van der Waals surface area contributed by atoms with Gasteiger partial charge in [-0.2, -0.15) is 0 Å². The van der Waals surface area contributed by atoms with E-state index >= 15 is 0 Å². The third-order valence-corrected chi connectivity index (χ3v) is 4.16. The van der Waals surface area contributed by atoms with Crippen molar-refractivity contribution >= 4 is 17.6 Å². The number of likely N-dealkylation sites (N-methyl/N-ethyl adjacent to an activating group) is 1. The van der Waals surface area contributed by atoms with Crippen LogP contribution >= 0.6 is 0 Å². The molecule has 28 heavy (non-hydrogen) atoms. The fraction of sp³-hybridized carbons (Fsp3) is 0.333. The van der Waals surface area contributed by atoms with Crippen LogP contribution in [0.3, 0.4) is 0 Å². The number of benzene rings is 2. The maximum absolute atomic E-state index is 14.0. The van der Waals surface area contributed by atoms with Gasteiger partial charge in [0, 0.05) is 30.9 Å². The Kier molecular flexibility index (Phi) is 7.95. The average molecular weight is 386 g/mol. The van der Waals surface area contributed by atoms with Gasteiger partial charge in [-0.25, -0.2) is 9.18 Å². The number of hydrogen-bond donors (Lipinski definition) is 2. The van der Waals surface area contributed by atoms with Crippen LogP contribution in [-0.4, -0.2) is 55.5 Å². The van der Waals surface area contributed by atoms with E-state index in [1.54, 1.807) is 29.2 Å². The Morgan fingerprint density at radius 2 is 1.79 bits per heavy atom. The summed E-state index contributed by atoms with van der Waals surface area (Å²) >= 11 is 0. The zero-order chi connectivity index (χ0) is 20.5. The van der Waals surface area contributed by atoms with Crippen molar-refractivity contribution in [1.29, 1.82) is 0 Å². The molecule has 0 saturated carbocycles. The number of urea groups is 1. The molecule has 0 heterocycles. The highest BCUT2D eigenvalue weighted by atomic mass is 19.1. The second kappa shape index (κ2) is 10.4. The van der Waals surface area contributed by atoms with Crippen molar-refractivity contribution in [2.75, 3.05) is 39.0 Å². The predicted molar refractivity (Wildman–Crippen MR) is 109 cm³/mol. The molecule has 0 fully saturated rings. The number of hydrogen-bond acceptors (Lipinski definition) is 3. The molecule has 2 rings (SSSR count). The second-order valence-electron chi connectivity index (χ2n) is 6.89. The van der Waals surface area contributed by atoms with Gasteiger partial charge >= 0.3 is 6.03 Å². The normalized spacial score (nSPS) is 10.6. The number of rotatable bonds is 8. The van der Waals surface area contributed by atoms with Gasteiger partial charge in [-0.05, 0) is 44.8 Å². The van der Waals surface area contributed by atoms with Crippen molar-refractivity contribution in [3.05, 3.63) is 65.5 Å². The van der Waals surface area contributed by atoms with Crippen LogP contribution in [0.1, 0.15) is 11.1 Å². The summed E-state index contributed by atoms with van der Waals surface area (Å²) in [6.45, 7) is 2.98. The Morgan fingerprint density at radius 1 is 1.04 bits per heavy atom. The number of amides is 3. The first-order valence-corrected chi connectivity index (χ1v) is 9.12. The summed E-state index contributed by atoms with van der Waals surface area (Å²) in [5.41, 5.74) is 2.12. The van der Waals surface area contributed by atoms with Gasteiger partial charge < -0.3 is 20.4 Å². The number of carbonyl (C=O) groups is 2. The van der Waals surface area contributed by atoms with E-state index in [9.17, 15) is 14.0 Å². The van der Waals surface area contributed by atoms with Crippen LogP contribution in [0.5, 0.6) is 0 Å². The van der Waals surface area contributed by atoms with Crippen LogP contribution in [0.2, 0.25) is 0 Å². The lowest BCUT2D eigenvalue weighted by atomic mass is 10.2. The summed E-state index contributed by atoms with van der Waals surface area (Å²) in [6.07, 6.45) is 0. The Morgan fingerprint density at radius 3 is 2.46 bits per heavy atom. The summed E-state index contributed by atoms with van der Waals surface area (Å²) < 4.78 is 14.0. The number of aryl methyl sites for hydroxylation is 1. The van der Waals surface area contributed by atoms with Gasteiger partial charge in [-0.15, -0.1) is 0 Å². The molecule has 0 spiro atoms.